The molecule has 2 rings (SSSR count). The van der Waals surface area contributed by atoms with Crippen LogP contribution in [0.1, 0.15) is 24.1 Å². The normalized spacial score (nSPS) is 13.0. The molecule has 2 nitrogen and oxygen atoms in total. The summed E-state index contributed by atoms with van der Waals surface area (Å²) < 4.78 is 38.1. The summed E-state index contributed by atoms with van der Waals surface area (Å²) in [5, 5.41) is 13.1. The fourth-order valence-electron chi connectivity index (χ4n) is 1.92. The van der Waals surface area contributed by atoms with Gasteiger partial charge in [-0.1, -0.05) is 23.7 Å². The fourth-order valence-corrected chi connectivity index (χ4v) is 2.10. The number of alkyl halides is 3. The second kappa shape index (κ2) is 5.85. The largest absolute Gasteiger partial charge is 0.506 e. The lowest BCUT2D eigenvalue weighted by atomic mass is 10.0. The molecule has 0 radical (unpaired) electrons. The van der Waals surface area contributed by atoms with E-state index >= 15 is 0 Å². The molecule has 0 heterocycles. The first-order valence-electron chi connectivity index (χ1n) is 6.19. The Labute approximate surface area is 125 Å². The van der Waals surface area contributed by atoms with E-state index in [1.807, 2.05) is 0 Å². The molecule has 0 saturated carbocycles. The van der Waals surface area contributed by atoms with Crippen LogP contribution in [-0.2, 0) is 6.18 Å². The summed E-state index contributed by atoms with van der Waals surface area (Å²) in [6.45, 7) is 1.70. The molecule has 0 aliphatic heterocycles. The van der Waals surface area contributed by atoms with Crippen molar-refractivity contribution in [3.8, 4) is 5.75 Å². The molecule has 1 unspecified atom stereocenters. The maximum Gasteiger partial charge on any atom is 0.416 e. The van der Waals surface area contributed by atoms with Crippen molar-refractivity contribution < 1.29 is 18.3 Å². The summed E-state index contributed by atoms with van der Waals surface area (Å²) in [4.78, 5) is 0. The standard InChI is InChI=1S/C15H13ClF3NO/c1-9(20-13-8-12(16)5-6-14(13)21)10-3-2-4-11(7-10)15(17,18)19/h2-9,20-21H,1H3. The van der Waals surface area contributed by atoms with Crippen molar-refractivity contribution in [3.63, 3.8) is 0 Å². The molecular formula is C15H13ClF3NO. The molecular weight excluding hydrogens is 303 g/mol. The summed E-state index contributed by atoms with van der Waals surface area (Å²) in [5.74, 6) is -0.0155. The summed E-state index contributed by atoms with van der Waals surface area (Å²) in [6.07, 6.45) is -4.38. The fraction of sp³-hybridized carbons (Fsp3) is 0.200. The Morgan fingerprint density at radius 3 is 2.52 bits per heavy atom. The molecule has 0 spiro atoms. The lowest BCUT2D eigenvalue weighted by Crippen LogP contribution is -2.10. The molecule has 0 aromatic heterocycles. The van der Waals surface area contributed by atoms with Crippen LogP contribution in [0.5, 0.6) is 5.75 Å². The van der Waals surface area contributed by atoms with Gasteiger partial charge < -0.3 is 10.4 Å². The molecule has 112 valence electrons. The van der Waals surface area contributed by atoms with Crippen molar-refractivity contribution in [2.45, 2.75) is 19.1 Å². The average molecular weight is 316 g/mol. The Bertz CT molecular complexity index is 643. The molecule has 0 saturated heterocycles. The molecule has 21 heavy (non-hydrogen) atoms. The van der Waals surface area contributed by atoms with E-state index in [4.69, 9.17) is 11.6 Å². The number of aromatic hydroxyl groups is 1. The highest BCUT2D eigenvalue weighted by atomic mass is 35.5. The van der Waals surface area contributed by atoms with E-state index in [-0.39, 0.29) is 5.75 Å². The maximum atomic E-state index is 12.7. The predicted molar refractivity (Wildman–Crippen MR) is 76.6 cm³/mol. The van der Waals surface area contributed by atoms with Crippen LogP contribution >= 0.6 is 11.6 Å². The van der Waals surface area contributed by atoms with Gasteiger partial charge in [0.25, 0.3) is 0 Å². The Morgan fingerprint density at radius 1 is 1.14 bits per heavy atom. The van der Waals surface area contributed by atoms with E-state index in [0.717, 1.165) is 12.1 Å². The van der Waals surface area contributed by atoms with Gasteiger partial charge in [0.05, 0.1) is 11.3 Å². The van der Waals surface area contributed by atoms with Crippen molar-refractivity contribution in [2.75, 3.05) is 5.32 Å². The third-order valence-corrected chi connectivity index (χ3v) is 3.28. The van der Waals surface area contributed by atoms with Gasteiger partial charge >= 0.3 is 6.18 Å². The molecule has 1 atom stereocenters. The molecule has 2 N–H and O–H groups in total. The number of benzene rings is 2. The predicted octanol–water partition coefficient (Wildman–Crippen LogP) is 5.24. The smallest absolute Gasteiger partial charge is 0.416 e. The summed E-state index contributed by atoms with van der Waals surface area (Å²) in [6, 6.07) is 9.09. The van der Waals surface area contributed by atoms with Gasteiger partial charge in [0, 0.05) is 11.1 Å². The zero-order valence-electron chi connectivity index (χ0n) is 11.1. The van der Waals surface area contributed by atoms with Crippen LogP contribution in [0.4, 0.5) is 18.9 Å². The minimum absolute atomic E-state index is 0.0155. The second-order valence-corrected chi connectivity index (χ2v) is 5.09. The van der Waals surface area contributed by atoms with Gasteiger partial charge in [-0.3, -0.25) is 0 Å². The number of rotatable bonds is 3. The molecule has 6 heteroatoms. The quantitative estimate of drug-likeness (QED) is 0.759. The summed E-state index contributed by atoms with van der Waals surface area (Å²) in [5.41, 5.74) is 0.126. The van der Waals surface area contributed by atoms with Crippen LogP contribution < -0.4 is 5.32 Å². The van der Waals surface area contributed by atoms with E-state index in [1.54, 1.807) is 13.0 Å². The maximum absolute atomic E-state index is 12.7. The lowest BCUT2D eigenvalue weighted by Gasteiger charge is -2.18. The number of halogens is 4. The van der Waals surface area contributed by atoms with Crippen LogP contribution in [-0.4, -0.2) is 5.11 Å². The third kappa shape index (κ3) is 3.82. The van der Waals surface area contributed by atoms with Crippen LogP contribution in [0, 0.1) is 0 Å². The van der Waals surface area contributed by atoms with E-state index in [0.29, 0.717) is 16.3 Å². The molecule has 0 fully saturated rings. The zero-order chi connectivity index (χ0) is 15.6. The Morgan fingerprint density at radius 2 is 1.86 bits per heavy atom. The van der Waals surface area contributed by atoms with Gasteiger partial charge in [0.2, 0.25) is 0 Å². The minimum atomic E-state index is -4.38. The number of phenols is 1. The van der Waals surface area contributed by atoms with Gasteiger partial charge in [-0.15, -0.1) is 0 Å². The van der Waals surface area contributed by atoms with Gasteiger partial charge in [0.1, 0.15) is 5.75 Å². The van der Waals surface area contributed by atoms with Crippen molar-refractivity contribution in [1.29, 1.82) is 0 Å². The van der Waals surface area contributed by atoms with E-state index in [9.17, 15) is 18.3 Å². The van der Waals surface area contributed by atoms with Crippen LogP contribution in [0.2, 0.25) is 5.02 Å². The SMILES string of the molecule is CC(Nc1cc(Cl)ccc1O)c1cccc(C(F)(F)F)c1. The Balaban J connectivity index is 2.24. The number of hydrogen-bond donors (Lipinski definition) is 2. The van der Waals surface area contributed by atoms with E-state index in [1.165, 1.54) is 24.3 Å². The highest BCUT2D eigenvalue weighted by molar-refractivity contribution is 6.30. The molecule has 0 aliphatic rings. The van der Waals surface area contributed by atoms with Crippen molar-refractivity contribution in [2.24, 2.45) is 0 Å². The minimum Gasteiger partial charge on any atom is -0.506 e. The van der Waals surface area contributed by atoms with Gasteiger partial charge in [-0.25, -0.2) is 0 Å². The number of hydrogen-bond acceptors (Lipinski definition) is 2. The van der Waals surface area contributed by atoms with E-state index in [2.05, 4.69) is 5.32 Å². The molecule has 0 amide bonds. The topological polar surface area (TPSA) is 32.3 Å². The molecule has 0 aliphatic carbocycles. The summed E-state index contributed by atoms with van der Waals surface area (Å²) >= 11 is 5.83. The second-order valence-electron chi connectivity index (χ2n) is 4.65. The lowest BCUT2D eigenvalue weighted by molar-refractivity contribution is -0.137. The van der Waals surface area contributed by atoms with Crippen molar-refractivity contribution >= 4 is 17.3 Å². The highest BCUT2D eigenvalue weighted by Gasteiger charge is 2.30. The first kappa shape index (κ1) is 15.5. The van der Waals surface area contributed by atoms with Crippen LogP contribution in [0.15, 0.2) is 42.5 Å². The summed E-state index contributed by atoms with van der Waals surface area (Å²) in [7, 11) is 0. The Hall–Kier alpha value is -1.88. The van der Waals surface area contributed by atoms with Crippen LogP contribution in [0.25, 0.3) is 0 Å². The van der Waals surface area contributed by atoms with Gasteiger partial charge in [-0.2, -0.15) is 13.2 Å². The number of nitrogens with one attached hydrogen (secondary N) is 1. The first-order valence-corrected chi connectivity index (χ1v) is 6.57. The third-order valence-electron chi connectivity index (χ3n) is 3.04. The van der Waals surface area contributed by atoms with Crippen LogP contribution in [0.3, 0.4) is 0 Å². The number of phenolic OH excluding ortho intramolecular Hbond substituents is 1. The zero-order valence-corrected chi connectivity index (χ0v) is 11.8. The van der Waals surface area contributed by atoms with Gasteiger partial charge in [-0.05, 0) is 42.8 Å². The molecule has 2 aromatic rings. The average Bonchev–Trinajstić information content (AvgIpc) is 2.42. The monoisotopic (exact) mass is 315 g/mol. The highest BCUT2D eigenvalue weighted by Crippen LogP contribution is 2.33. The Kier molecular flexibility index (Phi) is 4.32. The van der Waals surface area contributed by atoms with Crippen molar-refractivity contribution in [3.05, 3.63) is 58.6 Å². The molecule has 0 bridgehead atoms. The van der Waals surface area contributed by atoms with Crippen molar-refractivity contribution in [1.82, 2.24) is 0 Å². The number of anilines is 1. The first-order chi connectivity index (χ1) is 9.77. The van der Waals surface area contributed by atoms with E-state index < -0.39 is 17.8 Å². The van der Waals surface area contributed by atoms with Gasteiger partial charge in [0.15, 0.2) is 0 Å². The molecule has 2 aromatic carbocycles.